The van der Waals surface area contributed by atoms with E-state index in [1.54, 1.807) is 0 Å². The Hall–Kier alpha value is 1.49. The average Bonchev–Trinajstić information content (AvgIpc) is 1.37. The Morgan fingerprint density at radius 1 is 1.80 bits per heavy atom. The Balaban J connectivity index is 0. The first-order valence-corrected chi connectivity index (χ1v) is 2.22. The third-order valence-corrected chi connectivity index (χ3v) is 0.866. The predicted molar refractivity (Wildman–Crippen MR) is 25.9 cm³/mol. The summed E-state index contributed by atoms with van der Waals surface area (Å²) >= 11 is 0.890. The van der Waals surface area contributed by atoms with Gasteiger partial charge < -0.3 is 3.79 Å². The fraction of sp³-hybridized carbons (Fsp3) is 1.00. The van der Waals surface area contributed by atoms with E-state index in [2.05, 4.69) is 3.79 Å². The maximum Gasteiger partial charge on any atom is 0.410 e. The summed E-state index contributed by atoms with van der Waals surface area (Å²) in [7, 11) is 0. The Labute approximate surface area is 63.1 Å². The van der Waals surface area contributed by atoms with Crippen molar-refractivity contribution in [3.63, 3.8) is 0 Å². The van der Waals surface area contributed by atoms with Gasteiger partial charge in [-0.05, 0) is 6.92 Å². The van der Waals surface area contributed by atoms with Crippen LogP contribution in [0.2, 0.25) is 0 Å². The van der Waals surface area contributed by atoms with E-state index in [0.717, 1.165) is 23.2 Å². The first-order valence-electron chi connectivity index (χ1n) is 1.40. The summed E-state index contributed by atoms with van der Waals surface area (Å²) in [5.74, 6) is 0. The molecule has 0 saturated carbocycles. The van der Waals surface area contributed by atoms with E-state index in [1.165, 1.54) is 0 Å². The Bertz CT molecular complexity index is 11.6. The predicted octanol–water partition coefficient (Wildman–Crippen LogP) is -0.810. The minimum absolute atomic E-state index is 0. The van der Waals surface area contributed by atoms with Gasteiger partial charge in [0.25, 0.3) is 0 Å². The zero-order valence-electron chi connectivity index (χ0n) is 4.12. The van der Waals surface area contributed by atoms with Crippen molar-refractivity contribution in [1.82, 2.24) is 0 Å². The van der Waals surface area contributed by atoms with Gasteiger partial charge in [-0.1, -0.05) is 0 Å². The second-order valence-corrected chi connectivity index (χ2v) is 1.15. The van der Waals surface area contributed by atoms with Gasteiger partial charge in [0.2, 0.25) is 0 Å². The van der Waals surface area contributed by atoms with Gasteiger partial charge in [-0.2, -0.15) is 0 Å². The molecule has 0 aliphatic carbocycles. The van der Waals surface area contributed by atoms with E-state index in [9.17, 15) is 0 Å². The molecule has 0 bridgehead atoms. The second kappa shape index (κ2) is 9.09. The van der Waals surface area contributed by atoms with Crippen molar-refractivity contribution in [3.05, 3.63) is 0 Å². The van der Waals surface area contributed by atoms with Crippen LogP contribution in [0.15, 0.2) is 0 Å². The molecule has 0 aromatic heterocycles. The molecule has 0 aliphatic heterocycles. The van der Waals surface area contributed by atoms with E-state index >= 15 is 0 Å². The third kappa shape index (κ3) is 10.8. The van der Waals surface area contributed by atoms with Crippen LogP contribution in [0, 0.1) is 0 Å². The second-order valence-electron chi connectivity index (χ2n) is 0.577. The maximum absolute atomic E-state index is 4.68. The quantitative estimate of drug-likeness (QED) is 0.389. The van der Waals surface area contributed by atoms with Gasteiger partial charge in [0, 0.05) is 36.2 Å². The monoisotopic (exact) mass is 97.0 g/mol. The minimum Gasteiger partial charge on any atom is -0.506 e. The van der Waals surface area contributed by atoms with Crippen molar-refractivity contribution in [3.8, 4) is 0 Å². The molecule has 0 heterocycles. The van der Waals surface area contributed by atoms with Gasteiger partial charge in [0.05, 0.1) is 0 Å². The molecule has 0 N–H and O–H groups in total. The smallest absolute Gasteiger partial charge is 0.410 e. The summed E-state index contributed by atoms with van der Waals surface area (Å²) in [6.45, 7) is 2.87. The van der Waals surface area contributed by atoms with E-state index < -0.39 is 0 Å². The van der Waals surface area contributed by atoms with Gasteiger partial charge in [0.1, 0.15) is 0 Å². The van der Waals surface area contributed by atoms with Crippen LogP contribution < -0.4 is 0 Å². The van der Waals surface area contributed by atoms with E-state index in [-0.39, 0.29) is 29.6 Å². The van der Waals surface area contributed by atoms with Crippen LogP contribution >= 0.6 is 0 Å². The minimum atomic E-state index is 0. The van der Waals surface area contributed by atoms with Crippen molar-refractivity contribution in [2.75, 3.05) is 6.61 Å². The summed E-state index contributed by atoms with van der Waals surface area (Å²) in [4.78, 5) is 0. The molecule has 0 aromatic carbocycles. The van der Waals surface area contributed by atoms with Crippen molar-refractivity contribution in [2.45, 2.75) is 6.92 Å². The van der Waals surface area contributed by atoms with Gasteiger partial charge >= 0.3 is 16.6 Å². The fourth-order valence-electron chi connectivity index (χ4n) is 0. The van der Waals surface area contributed by atoms with Crippen molar-refractivity contribution in [1.29, 1.82) is 0 Å². The Kier molecular flexibility index (Phi) is 17.6. The van der Waals surface area contributed by atoms with Crippen molar-refractivity contribution >= 4 is 46.2 Å². The van der Waals surface area contributed by atoms with Crippen LogP contribution in [0.25, 0.3) is 0 Å². The number of hydrogen-bond acceptors (Lipinski definition) is 1. The number of rotatable bonds is 1. The Morgan fingerprint density at radius 2 is 2.00 bits per heavy atom. The largest absolute Gasteiger partial charge is 0.506 e. The molecule has 5 heavy (non-hydrogen) atoms. The molecule has 0 atom stereocenters. The molecule has 1 radical (unpaired) electrons. The molecule has 0 spiro atoms. The zero-order chi connectivity index (χ0) is 3.41. The van der Waals surface area contributed by atoms with Gasteiger partial charge in [-0.15, -0.1) is 0 Å². The molecule has 0 saturated heterocycles. The summed E-state index contributed by atoms with van der Waals surface area (Å²) in [6.07, 6.45) is 0. The summed E-state index contributed by atoms with van der Waals surface area (Å²) < 4.78 is 4.68. The molecule has 0 unspecified atom stereocenters. The standard InChI is InChI=1S/C2H5O.Al.Na.2H/c1-2-3;;;;/h2H2,1H3;;;;/q-1;+1;;;. The van der Waals surface area contributed by atoms with Crippen LogP contribution in [-0.4, -0.2) is 52.8 Å². The van der Waals surface area contributed by atoms with Gasteiger partial charge in [-0.3, -0.25) is 0 Å². The van der Waals surface area contributed by atoms with Crippen LogP contribution in [0.4, 0.5) is 0 Å². The first-order chi connectivity index (χ1) is 1.91. The molecular formula is C2H7AlNaO. The Morgan fingerprint density at radius 3 is 2.00 bits per heavy atom. The average molecular weight is 97.0 g/mol. The molecule has 0 aromatic rings. The molecule has 0 rings (SSSR count). The van der Waals surface area contributed by atoms with E-state index in [0.29, 0.717) is 0 Å². The van der Waals surface area contributed by atoms with Crippen LogP contribution in [-0.2, 0) is 3.79 Å². The van der Waals surface area contributed by atoms with Gasteiger partial charge in [0.15, 0.2) is 0 Å². The third-order valence-electron chi connectivity index (χ3n) is 0.289. The zero-order valence-corrected chi connectivity index (χ0v) is 8.12. The topological polar surface area (TPSA) is 9.23 Å². The van der Waals surface area contributed by atoms with Crippen LogP contribution in [0.1, 0.15) is 6.92 Å². The maximum atomic E-state index is 4.68. The first kappa shape index (κ1) is 9.70. The SMILES string of the molecule is CC[O][AlH2].[Na]. The molecule has 1 nitrogen and oxygen atoms in total. The molecule has 0 aliphatic rings. The van der Waals surface area contributed by atoms with Gasteiger partial charge in [-0.25, -0.2) is 0 Å². The van der Waals surface area contributed by atoms with E-state index in [4.69, 9.17) is 0 Å². The summed E-state index contributed by atoms with van der Waals surface area (Å²) in [6, 6.07) is 0. The molecule has 25 valence electrons. The fourth-order valence-corrected chi connectivity index (χ4v) is 0. The van der Waals surface area contributed by atoms with E-state index in [1.807, 2.05) is 6.92 Å². The summed E-state index contributed by atoms with van der Waals surface area (Å²) in [5, 5.41) is 0. The summed E-state index contributed by atoms with van der Waals surface area (Å²) in [5.41, 5.74) is 0. The number of hydrogen-bond donors (Lipinski definition) is 0. The normalized spacial score (nSPS) is 5.80. The molecule has 0 amide bonds. The van der Waals surface area contributed by atoms with Crippen LogP contribution in [0.5, 0.6) is 0 Å². The van der Waals surface area contributed by atoms with Crippen molar-refractivity contribution in [2.24, 2.45) is 0 Å². The van der Waals surface area contributed by atoms with Crippen molar-refractivity contribution < 1.29 is 3.79 Å². The molecule has 0 fully saturated rings. The molecular weight excluding hydrogens is 90.0 g/mol. The van der Waals surface area contributed by atoms with Crippen LogP contribution in [0.3, 0.4) is 0 Å². The molecule has 3 heteroatoms.